The summed E-state index contributed by atoms with van der Waals surface area (Å²) in [4.78, 5) is 0.379. The predicted molar refractivity (Wildman–Crippen MR) is 87.7 cm³/mol. The molecule has 0 spiro atoms. The Kier molecular flexibility index (Phi) is 7.08. The van der Waals surface area contributed by atoms with Crippen LogP contribution in [0, 0.1) is 0 Å². The summed E-state index contributed by atoms with van der Waals surface area (Å²) < 4.78 is 27.2. The van der Waals surface area contributed by atoms with Gasteiger partial charge in [0.15, 0.2) is 0 Å². The Morgan fingerprint density at radius 1 is 1.33 bits per heavy atom. The highest BCUT2D eigenvalue weighted by Gasteiger charge is 2.27. The van der Waals surface area contributed by atoms with Gasteiger partial charge in [0.1, 0.15) is 0 Å². The summed E-state index contributed by atoms with van der Waals surface area (Å²) >= 11 is 0. The molecule has 0 amide bonds. The van der Waals surface area contributed by atoms with Crippen molar-refractivity contribution >= 4 is 10.0 Å². The highest BCUT2D eigenvalue weighted by molar-refractivity contribution is 7.89. The Morgan fingerprint density at radius 3 is 2.57 bits per heavy atom. The largest absolute Gasteiger partial charge is 0.313 e. The van der Waals surface area contributed by atoms with Crippen molar-refractivity contribution in [3.63, 3.8) is 0 Å². The molecule has 1 aromatic carbocycles. The number of benzene rings is 1. The van der Waals surface area contributed by atoms with E-state index in [1.54, 1.807) is 18.2 Å². The summed E-state index contributed by atoms with van der Waals surface area (Å²) in [5.41, 5.74) is 0.806. The van der Waals surface area contributed by atoms with Gasteiger partial charge in [-0.15, -0.1) is 6.58 Å². The zero-order valence-corrected chi connectivity index (χ0v) is 14.0. The fourth-order valence-corrected chi connectivity index (χ4v) is 3.97. The molecule has 0 heterocycles. The van der Waals surface area contributed by atoms with Crippen LogP contribution in [0.25, 0.3) is 0 Å². The Hall–Kier alpha value is -1.17. The minimum absolute atomic E-state index is 0.107. The van der Waals surface area contributed by atoms with Crippen molar-refractivity contribution in [3.05, 3.63) is 42.5 Å². The summed E-state index contributed by atoms with van der Waals surface area (Å²) in [6.45, 7) is 11.2. The van der Waals surface area contributed by atoms with Gasteiger partial charge in [-0.1, -0.05) is 31.2 Å². The van der Waals surface area contributed by atoms with E-state index < -0.39 is 10.0 Å². The van der Waals surface area contributed by atoms with Gasteiger partial charge >= 0.3 is 0 Å². The smallest absolute Gasteiger partial charge is 0.243 e. The highest BCUT2D eigenvalue weighted by Crippen LogP contribution is 2.22. The van der Waals surface area contributed by atoms with Crippen molar-refractivity contribution < 1.29 is 8.42 Å². The van der Waals surface area contributed by atoms with E-state index in [-0.39, 0.29) is 6.04 Å². The van der Waals surface area contributed by atoms with Crippen LogP contribution in [-0.2, 0) is 16.6 Å². The summed E-state index contributed by atoms with van der Waals surface area (Å²) in [5.74, 6) is 0. The zero-order chi connectivity index (χ0) is 15.9. The summed E-state index contributed by atoms with van der Waals surface area (Å²) in [7, 11) is -3.51. The van der Waals surface area contributed by atoms with Gasteiger partial charge in [0.25, 0.3) is 0 Å². The quantitative estimate of drug-likeness (QED) is 0.563. The van der Waals surface area contributed by atoms with Crippen LogP contribution in [0.2, 0.25) is 0 Å². The molecule has 0 radical (unpaired) electrons. The third kappa shape index (κ3) is 4.66. The molecule has 0 aliphatic heterocycles. The zero-order valence-electron chi connectivity index (χ0n) is 13.2. The Balaban J connectivity index is 3.14. The van der Waals surface area contributed by atoms with Crippen LogP contribution in [0.4, 0.5) is 0 Å². The minimum atomic E-state index is -3.51. The molecule has 0 bridgehead atoms. The monoisotopic (exact) mass is 310 g/mol. The van der Waals surface area contributed by atoms with Crippen LogP contribution in [0.5, 0.6) is 0 Å². The first-order valence-corrected chi connectivity index (χ1v) is 8.80. The van der Waals surface area contributed by atoms with E-state index in [0.29, 0.717) is 18.0 Å². The van der Waals surface area contributed by atoms with Crippen LogP contribution in [-0.4, -0.2) is 31.9 Å². The second-order valence-electron chi connectivity index (χ2n) is 5.24. The number of nitrogens with zero attached hydrogens (tertiary/aromatic N) is 1. The van der Waals surface area contributed by atoms with Gasteiger partial charge in [0, 0.05) is 19.1 Å². The summed E-state index contributed by atoms with van der Waals surface area (Å²) in [5, 5.41) is 3.26. The van der Waals surface area contributed by atoms with Crippen LogP contribution >= 0.6 is 0 Å². The lowest BCUT2D eigenvalue weighted by molar-refractivity contribution is 0.382. The molecule has 0 fully saturated rings. The van der Waals surface area contributed by atoms with Gasteiger partial charge in [-0.2, -0.15) is 4.31 Å². The van der Waals surface area contributed by atoms with E-state index in [9.17, 15) is 8.42 Å². The van der Waals surface area contributed by atoms with E-state index >= 15 is 0 Å². The van der Waals surface area contributed by atoms with Gasteiger partial charge in [-0.25, -0.2) is 8.42 Å². The molecule has 0 aliphatic rings. The molecule has 1 N–H and O–H groups in total. The molecule has 0 aliphatic carbocycles. The van der Waals surface area contributed by atoms with E-state index in [1.807, 2.05) is 26.0 Å². The van der Waals surface area contributed by atoms with Crippen LogP contribution in [0.3, 0.4) is 0 Å². The van der Waals surface area contributed by atoms with Crippen molar-refractivity contribution in [2.24, 2.45) is 0 Å². The Morgan fingerprint density at radius 2 is 2.00 bits per heavy atom. The number of hydrogen-bond acceptors (Lipinski definition) is 3. The maximum absolute atomic E-state index is 12.9. The minimum Gasteiger partial charge on any atom is -0.313 e. The van der Waals surface area contributed by atoms with E-state index in [0.717, 1.165) is 18.5 Å². The Bertz CT molecular complexity index is 553. The maximum atomic E-state index is 12.9. The van der Waals surface area contributed by atoms with E-state index in [2.05, 4.69) is 18.8 Å². The number of nitrogens with one attached hydrogen (secondary N) is 1. The maximum Gasteiger partial charge on any atom is 0.243 e. The summed E-state index contributed by atoms with van der Waals surface area (Å²) in [6.07, 6.45) is 2.64. The van der Waals surface area contributed by atoms with Crippen LogP contribution in [0.1, 0.15) is 32.8 Å². The molecule has 0 saturated carbocycles. The molecule has 1 aromatic rings. The normalized spacial score (nSPS) is 12.0. The molecule has 0 aromatic heterocycles. The third-order valence-electron chi connectivity index (χ3n) is 3.19. The second kappa shape index (κ2) is 8.32. The highest BCUT2D eigenvalue weighted by atomic mass is 32.2. The lowest BCUT2D eigenvalue weighted by Crippen LogP contribution is -2.37. The topological polar surface area (TPSA) is 49.4 Å². The molecule has 5 heteroatoms. The molecule has 21 heavy (non-hydrogen) atoms. The molecule has 0 saturated heterocycles. The lowest BCUT2D eigenvalue weighted by Gasteiger charge is -2.25. The molecular weight excluding hydrogens is 284 g/mol. The van der Waals surface area contributed by atoms with Gasteiger partial charge in [-0.05, 0) is 38.4 Å². The number of hydrogen-bond donors (Lipinski definition) is 1. The van der Waals surface area contributed by atoms with Gasteiger partial charge < -0.3 is 5.32 Å². The van der Waals surface area contributed by atoms with Crippen LogP contribution < -0.4 is 5.32 Å². The van der Waals surface area contributed by atoms with Crippen molar-refractivity contribution in [2.75, 3.05) is 13.1 Å². The first-order valence-electron chi connectivity index (χ1n) is 7.36. The molecule has 0 unspecified atom stereocenters. The van der Waals surface area contributed by atoms with Gasteiger partial charge in [-0.3, -0.25) is 0 Å². The molecule has 0 atom stereocenters. The predicted octanol–water partition coefficient (Wildman–Crippen LogP) is 2.77. The van der Waals surface area contributed by atoms with Gasteiger partial charge in [0.2, 0.25) is 10.0 Å². The lowest BCUT2D eigenvalue weighted by atomic mass is 10.2. The summed E-state index contributed by atoms with van der Waals surface area (Å²) in [6, 6.07) is 7.07. The number of sulfonamides is 1. The van der Waals surface area contributed by atoms with Crippen molar-refractivity contribution in [2.45, 2.75) is 44.7 Å². The van der Waals surface area contributed by atoms with Crippen molar-refractivity contribution in [1.29, 1.82) is 0 Å². The molecule has 4 nitrogen and oxygen atoms in total. The van der Waals surface area contributed by atoms with E-state index in [1.165, 1.54) is 4.31 Å². The average Bonchev–Trinajstić information content (AvgIpc) is 2.45. The molecule has 1 rings (SSSR count). The third-order valence-corrected chi connectivity index (χ3v) is 5.33. The average molecular weight is 310 g/mol. The van der Waals surface area contributed by atoms with Crippen LogP contribution in [0.15, 0.2) is 41.8 Å². The first kappa shape index (κ1) is 17.9. The molecular formula is C16H26N2O2S. The van der Waals surface area contributed by atoms with Crippen molar-refractivity contribution in [3.8, 4) is 0 Å². The van der Waals surface area contributed by atoms with Crippen molar-refractivity contribution in [1.82, 2.24) is 9.62 Å². The molecule has 118 valence electrons. The first-order chi connectivity index (χ1) is 9.95. The van der Waals surface area contributed by atoms with Gasteiger partial charge in [0.05, 0.1) is 4.90 Å². The Labute approximate surface area is 128 Å². The fourth-order valence-electron chi connectivity index (χ4n) is 2.14. The standard InChI is InChI=1S/C16H26N2O2S/c1-5-11-17-13-15-9-7-8-10-16(15)21(19,20)18(12-6-2)14(3)4/h6-10,14,17H,2,5,11-13H2,1,3-4H3. The van der Waals surface area contributed by atoms with E-state index in [4.69, 9.17) is 0 Å². The number of rotatable bonds is 9. The SMILES string of the molecule is C=CCN(C(C)C)S(=O)(=O)c1ccccc1CNCCC. The second-order valence-corrected chi connectivity index (χ2v) is 7.10. The fraction of sp³-hybridized carbons (Fsp3) is 0.500.